The molecule has 0 aliphatic carbocycles. The molecule has 164 valence electrons. The smallest absolute Gasteiger partial charge is 0.340 e. The van der Waals surface area contributed by atoms with Crippen molar-refractivity contribution in [3.05, 3.63) is 99.9 Å². The van der Waals surface area contributed by atoms with E-state index in [0.29, 0.717) is 23.3 Å². The fourth-order valence-electron chi connectivity index (χ4n) is 3.60. The number of nitrogens with zero attached hydrogens (tertiary/aromatic N) is 1. The van der Waals surface area contributed by atoms with Crippen LogP contribution in [0.1, 0.15) is 16.7 Å². The van der Waals surface area contributed by atoms with E-state index in [-0.39, 0.29) is 5.63 Å². The second kappa shape index (κ2) is 8.61. The minimum Gasteiger partial charge on any atom is -0.422 e. The maximum atomic E-state index is 12.8. The van der Waals surface area contributed by atoms with Crippen molar-refractivity contribution >= 4 is 26.9 Å². The molecule has 4 rings (SSSR count). The molecular weight excluding hydrogens is 424 g/mol. The molecular formula is C25H24N2O4S. The van der Waals surface area contributed by atoms with E-state index in [9.17, 15) is 13.2 Å². The topological polar surface area (TPSA) is 79.6 Å². The summed E-state index contributed by atoms with van der Waals surface area (Å²) in [6, 6.07) is 22.8. The molecule has 1 heterocycles. The SMILES string of the molecule is Cc1c(Cc2cccc(NS(=O)(=O)N(C)C)c2)c(=O)oc2cc(-c3ccccc3)ccc12. The molecule has 32 heavy (non-hydrogen) atoms. The largest absolute Gasteiger partial charge is 0.422 e. The van der Waals surface area contributed by atoms with Gasteiger partial charge in [-0.2, -0.15) is 12.7 Å². The van der Waals surface area contributed by atoms with Crippen LogP contribution in [-0.2, 0) is 16.6 Å². The molecule has 0 aliphatic rings. The summed E-state index contributed by atoms with van der Waals surface area (Å²) in [6.07, 6.45) is 0.335. The van der Waals surface area contributed by atoms with Crippen molar-refractivity contribution in [1.29, 1.82) is 0 Å². The number of nitrogens with one attached hydrogen (secondary N) is 1. The Morgan fingerprint density at radius 1 is 0.906 bits per heavy atom. The zero-order valence-electron chi connectivity index (χ0n) is 18.1. The highest BCUT2D eigenvalue weighted by atomic mass is 32.2. The molecule has 0 spiro atoms. The van der Waals surface area contributed by atoms with Crippen LogP contribution in [0.3, 0.4) is 0 Å². The third-order valence-corrected chi connectivity index (χ3v) is 6.88. The number of rotatable bonds is 6. The number of aryl methyl sites for hydroxylation is 1. The Balaban J connectivity index is 1.68. The quantitative estimate of drug-likeness (QED) is 0.438. The fourth-order valence-corrected chi connectivity index (χ4v) is 4.21. The van der Waals surface area contributed by atoms with Gasteiger partial charge in [-0.1, -0.05) is 54.6 Å². The van der Waals surface area contributed by atoms with Crippen molar-refractivity contribution in [2.45, 2.75) is 13.3 Å². The lowest BCUT2D eigenvalue weighted by atomic mass is 9.97. The highest BCUT2D eigenvalue weighted by Crippen LogP contribution is 2.27. The number of benzene rings is 3. The molecule has 1 N–H and O–H groups in total. The van der Waals surface area contributed by atoms with Gasteiger partial charge in [0.2, 0.25) is 0 Å². The average Bonchev–Trinajstić information content (AvgIpc) is 2.77. The third-order valence-electron chi connectivity index (χ3n) is 5.43. The Morgan fingerprint density at radius 3 is 2.38 bits per heavy atom. The van der Waals surface area contributed by atoms with Crippen LogP contribution >= 0.6 is 0 Å². The molecule has 0 fully saturated rings. The van der Waals surface area contributed by atoms with Crippen LogP contribution in [0.2, 0.25) is 0 Å². The number of hydrogen-bond donors (Lipinski definition) is 1. The van der Waals surface area contributed by atoms with Gasteiger partial charge in [-0.3, -0.25) is 4.72 Å². The summed E-state index contributed by atoms with van der Waals surface area (Å²) in [4.78, 5) is 12.8. The van der Waals surface area contributed by atoms with Crippen molar-refractivity contribution in [1.82, 2.24) is 4.31 Å². The van der Waals surface area contributed by atoms with Crippen LogP contribution in [0.25, 0.3) is 22.1 Å². The summed E-state index contributed by atoms with van der Waals surface area (Å²) in [5.74, 6) is 0. The van der Waals surface area contributed by atoms with Crippen molar-refractivity contribution in [3.63, 3.8) is 0 Å². The van der Waals surface area contributed by atoms with Crippen LogP contribution in [0.5, 0.6) is 0 Å². The van der Waals surface area contributed by atoms with E-state index >= 15 is 0 Å². The van der Waals surface area contributed by atoms with Crippen LogP contribution in [0.15, 0.2) is 82.0 Å². The van der Waals surface area contributed by atoms with Crippen molar-refractivity contribution < 1.29 is 12.8 Å². The van der Waals surface area contributed by atoms with E-state index in [1.54, 1.807) is 18.2 Å². The number of anilines is 1. The van der Waals surface area contributed by atoms with E-state index < -0.39 is 10.2 Å². The lowest BCUT2D eigenvalue weighted by molar-refractivity contribution is 0.527. The lowest BCUT2D eigenvalue weighted by Crippen LogP contribution is -2.28. The maximum Gasteiger partial charge on any atom is 0.340 e. The zero-order valence-corrected chi connectivity index (χ0v) is 18.9. The summed E-state index contributed by atoms with van der Waals surface area (Å²) < 4.78 is 33.5. The molecule has 0 unspecified atom stereocenters. The Labute approximate surface area is 187 Å². The van der Waals surface area contributed by atoms with Gasteiger partial charge in [0, 0.05) is 31.5 Å². The standard InChI is InChI=1S/C25H24N2O4S/c1-17-22-13-12-20(19-9-5-4-6-10-19)16-24(22)31-25(28)23(17)15-18-8-7-11-21(14-18)26-32(29,30)27(2)3/h4-14,16,26H,15H2,1-3H3. The molecule has 0 saturated carbocycles. The van der Waals surface area contributed by atoms with Crippen LogP contribution < -0.4 is 10.3 Å². The predicted octanol–water partition coefficient (Wildman–Crippen LogP) is 4.58. The molecule has 6 nitrogen and oxygen atoms in total. The van der Waals surface area contributed by atoms with E-state index in [1.165, 1.54) is 14.1 Å². The number of fused-ring (bicyclic) bond motifs is 1. The van der Waals surface area contributed by atoms with Crippen LogP contribution in [0.4, 0.5) is 5.69 Å². The summed E-state index contributed by atoms with van der Waals surface area (Å²) >= 11 is 0. The van der Waals surface area contributed by atoms with E-state index in [1.807, 2.05) is 61.5 Å². The van der Waals surface area contributed by atoms with Crippen molar-refractivity contribution in [2.75, 3.05) is 18.8 Å². The summed E-state index contributed by atoms with van der Waals surface area (Å²) in [5.41, 5.74) is 4.84. The minimum atomic E-state index is -3.61. The monoisotopic (exact) mass is 448 g/mol. The van der Waals surface area contributed by atoms with Gasteiger partial charge in [0.25, 0.3) is 0 Å². The molecule has 7 heteroatoms. The van der Waals surface area contributed by atoms with Gasteiger partial charge in [-0.05, 0) is 47.4 Å². The molecule has 0 aliphatic heterocycles. The highest BCUT2D eigenvalue weighted by molar-refractivity contribution is 7.90. The first-order valence-electron chi connectivity index (χ1n) is 10.2. The van der Waals surface area contributed by atoms with Crippen molar-refractivity contribution in [3.8, 4) is 11.1 Å². The third kappa shape index (κ3) is 4.44. The molecule has 0 amide bonds. The molecule has 0 atom stereocenters. The molecule has 0 bridgehead atoms. The average molecular weight is 449 g/mol. The van der Waals surface area contributed by atoms with E-state index in [4.69, 9.17) is 4.42 Å². The molecule has 0 radical (unpaired) electrons. The normalized spacial score (nSPS) is 11.8. The predicted molar refractivity (Wildman–Crippen MR) is 128 cm³/mol. The molecule has 1 aromatic heterocycles. The summed E-state index contributed by atoms with van der Waals surface area (Å²) in [7, 11) is -0.695. The Bertz CT molecular complexity index is 1440. The van der Waals surface area contributed by atoms with Gasteiger partial charge < -0.3 is 4.42 Å². The maximum absolute atomic E-state index is 12.8. The van der Waals surface area contributed by atoms with E-state index in [0.717, 1.165) is 31.9 Å². The summed E-state index contributed by atoms with van der Waals surface area (Å²) in [6.45, 7) is 1.91. The molecule has 4 aromatic rings. The first kappa shape index (κ1) is 21.8. The Kier molecular flexibility index (Phi) is 5.86. The fraction of sp³-hybridized carbons (Fsp3) is 0.160. The second-order valence-corrected chi connectivity index (χ2v) is 9.72. The van der Waals surface area contributed by atoms with Gasteiger partial charge in [0.1, 0.15) is 5.58 Å². The van der Waals surface area contributed by atoms with Gasteiger partial charge in [0.05, 0.1) is 5.69 Å². The highest BCUT2D eigenvalue weighted by Gasteiger charge is 2.15. The zero-order chi connectivity index (χ0) is 22.9. The molecule has 3 aromatic carbocycles. The first-order chi connectivity index (χ1) is 15.2. The van der Waals surface area contributed by atoms with Crippen LogP contribution in [-0.4, -0.2) is 26.8 Å². The minimum absolute atomic E-state index is 0.335. The second-order valence-electron chi connectivity index (χ2n) is 7.84. The van der Waals surface area contributed by atoms with E-state index in [2.05, 4.69) is 4.72 Å². The first-order valence-corrected chi connectivity index (χ1v) is 11.6. The van der Waals surface area contributed by atoms with Gasteiger partial charge in [-0.25, -0.2) is 4.79 Å². The van der Waals surface area contributed by atoms with Crippen molar-refractivity contribution in [2.24, 2.45) is 0 Å². The van der Waals surface area contributed by atoms with Gasteiger partial charge >= 0.3 is 15.8 Å². The number of hydrogen-bond acceptors (Lipinski definition) is 4. The van der Waals surface area contributed by atoms with Gasteiger partial charge in [-0.15, -0.1) is 0 Å². The van der Waals surface area contributed by atoms with Crippen LogP contribution in [0, 0.1) is 6.92 Å². The van der Waals surface area contributed by atoms with Gasteiger partial charge in [0.15, 0.2) is 0 Å². The Morgan fingerprint density at radius 2 is 1.66 bits per heavy atom. The lowest BCUT2D eigenvalue weighted by Gasteiger charge is -2.14. The Hall–Kier alpha value is -3.42. The molecule has 0 saturated heterocycles. The summed E-state index contributed by atoms with van der Waals surface area (Å²) in [5, 5.41) is 0.878.